The molecule has 3 N–H and O–H groups in total. The van der Waals surface area contributed by atoms with Gasteiger partial charge in [0.25, 0.3) is 5.91 Å². The third kappa shape index (κ3) is 8.10. The summed E-state index contributed by atoms with van der Waals surface area (Å²) in [5.41, 5.74) is 2.28. The normalized spacial score (nSPS) is 13.4. The largest absolute Gasteiger partial charge is 0.484 e. The molecule has 0 spiro atoms. The second kappa shape index (κ2) is 12.1. The zero-order valence-electron chi connectivity index (χ0n) is 17.7. The molecule has 0 atom stereocenters. The van der Waals surface area contributed by atoms with Crippen molar-refractivity contribution in [1.82, 2.24) is 20.9 Å². The van der Waals surface area contributed by atoms with E-state index in [4.69, 9.17) is 4.74 Å². The van der Waals surface area contributed by atoms with Crippen LogP contribution in [0, 0.1) is 13.8 Å². The molecule has 0 unspecified atom stereocenters. The second-order valence-electron chi connectivity index (χ2n) is 7.13. The van der Waals surface area contributed by atoms with Crippen molar-refractivity contribution in [2.24, 2.45) is 4.99 Å². The van der Waals surface area contributed by atoms with Gasteiger partial charge in [-0.2, -0.15) is 0 Å². The smallest absolute Gasteiger partial charge is 0.258 e. The molecule has 1 aromatic heterocycles. The van der Waals surface area contributed by atoms with E-state index in [0.29, 0.717) is 18.3 Å². The number of thiazole rings is 1. The van der Waals surface area contributed by atoms with Gasteiger partial charge in [-0.05, 0) is 50.8 Å². The van der Waals surface area contributed by atoms with Crippen LogP contribution in [0.1, 0.15) is 34.0 Å². The number of nitrogens with zero attached hydrogens (tertiary/aromatic N) is 2. The van der Waals surface area contributed by atoms with Gasteiger partial charge in [-0.1, -0.05) is 12.1 Å². The molecule has 1 aromatic carbocycles. The lowest BCUT2D eigenvalue weighted by atomic mass is 10.1. The standard InChI is InChI=1S/C21H29N5O2S.HI/c1-14-15(2)29-20(25-14)12-24-21(22-3)23-11-10-16-4-8-18(9-5-16)28-13-19(27)26-17-6-7-17;/h4-5,8-9,17H,6-7,10-13H2,1-3H3,(H,26,27)(H2,22,23,24);1H. The molecular weight excluding hydrogens is 513 g/mol. The van der Waals surface area contributed by atoms with E-state index in [9.17, 15) is 4.79 Å². The maximum atomic E-state index is 11.7. The predicted octanol–water partition coefficient (Wildman–Crippen LogP) is 2.94. The molecule has 2 aromatic rings. The topological polar surface area (TPSA) is 87.6 Å². The van der Waals surface area contributed by atoms with E-state index in [1.165, 1.54) is 10.4 Å². The third-order valence-corrected chi connectivity index (χ3v) is 5.72. The average Bonchev–Trinajstić information content (AvgIpc) is 3.47. The van der Waals surface area contributed by atoms with Crippen LogP contribution in [0.5, 0.6) is 5.75 Å². The summed E-state index contributed by atoms with van der Waals surface area (Å²) in [5, 5.41) is 10.6. The Morgan fingerprint density at radius 3 is 2.57 bits per heavy atom. The lowest BCUT2D eigenvalue weighted by Crippen LogP contribution is -2.37. The van der Waals surface area contributed by atoms with Crippen molar-refractivity contribution < 1.29 is 9.53 Å². The van der Waals surface area contributed by atoms with Crippen LogP contribution in [0.2, 0.25) is 0 Å². The van der Waals surface area contributed by atoms with E-state index in [1.54, 1.807) is 18.4 Å². The monoisotopic (exact) mass is 543 g/mol. The summed E-state index contributed by atoms with van der Waals surface area (Å²) in [7, 11) is 1.76. The summed E-state index contributed by atoms with van der Waals surface area (Å²) in [4.78, 5) is 21.7. The molecular formula is C21H30IN5O2S. The maximum Gasteiger partial charge on any atom is 0.258 e. The van der Waals surface area contributed by atoms with Crippen molar-refractivity contribution in [3.05, 3.63) is 45.4 Å². The zero-order valence-corrected chi connectivity index (χ0v) is 20.8. The lowest BCUT2D eigenvalue weighted by Gasteiger charge is -2.11. The number of carbonyl (C=O) groups is 1. The number of nitrogens with one attached hydrogen (secondary N) is 3. The Morgan fingerprint density at radius 2 is 1.97 bits per heavy atom. The number of aliphatic imine (C=N–C) groups is 1. The molecule has 1 fully saturated rings. The Labute approximate surface area is 199 Å². The van der Waals surface area contributed by atoms with Crippen molar-refractivity contribution >= 4 is 47.2 Å². The lowest BCUT2D eigenvalue weighted by molar-refractivity contribution is -0.123. The minimum absolute atomic E-state index is 0. The number of carbonyl (C=O) groups excluding carboxylic acids is 1. The van der Waals surface area contributed by atoms with Crippen LogP contribution in [-0.2, 0) is 17.8 Å². The molecule has 3 rings (SSSR count). The van der Waals surface area contributed by atoms with Crippen LogP contribution in [-0.4, -0.2) is 43.1 Å². The first-order chi connectivity index (χ1) is 14.0. The van der Waals surface area contributed by atoms with Gasteiger partial charge >= 0.3 is 0 Å². The fraction of sp³-hybridized carbons (Fsp3) is 0.476. The Balaban J connectivity index is 0.00000320. The van der Waals surface area contributed by atoms with Crippen LogP contribution in [0.4, 0.5) is 0 Å². The minimum Gasteiger partial charge on any atom is -0.484 e. The molecule has 0 aliphatic heterocycles. The number of aryl methyl sites for hydroxylation is 2. The van der Waals surface area contributed by atoms with Gasteiger partial charge in [0, 0.05) is 24.5 Å². The fourth-order valence-corrected chi connectivity index (χ4v) is 3.59. The Kier molecular flexibility index (Phi) is 9.83. The number of amides is 1. The van der Waals surface area contributed by atoms with Crippen molar-refractivity contribution in [2.45, 2.75) is 45.7 Å². The number of benzene rings is 1. The summed E-state index contributed by atoms with van der Waals surface area (Å²) >= 11 is 1.71. The number of ether oxygens (including phenoxy) is 1. The van der Waals surface area contributed by atoms with E-state index in [-0.39, 0.29) is 36.5 Å². The Bertz CT molecular complexity index is 830. The Morgan fingerprint density at radius 1 is 1.23 bits per heavy atom. The van der Waals surface area contributed by atoms with Crippen LogP contribution in [0.15, 0.2) is 29.3 Å². The highest BCUT2D eigenvalue weighted by Crippen LogP contribution is 2.18. The molecule has 1 aliphatic carbocycles. The van der Waals surface area contributed by atoms with Crippen LogP contribution >= 0.6 is 35.3 Å². The highest BCUT2D eigenvalue weighted by atomic mass is 127. The number of guanidine groups is 1. The van der Waals surface area contributed by atoms with Gasteiger partial charge in [-0.3, -0.25) is 9.79 Å². The van der Waals surface area contributed by atoms with Gasteiger partial charge in [0.15, 0.2) is 12.6 Å². The van der Waals surface area contributed by atoms with Crippen molar-refractivity contribution in [3.63, 3.8) is 0 Å². The number of hydrogen-bond donors (Lipinski definition) is 3. The average molecular weight is 543 g/mol. The van der Waals surface area contributed by atoms with E-state index in [1.807, 2.05) is 31.2 Å². The van der Waals surface area contributed by atoms with Gasteiger partial charge in [0.05, 0.1) is 12.2 Å². The first kappa shape index (κ1) is 24.4. The predicted molar refractivity (Wildman–Crippen MR) is 132 cm³/mol. The molecule has 0 radical (unpaired) electrons. The van der Waals surface area contributed by atoms with Crippen molar-refractivity contribution in [3.8, 4) is 5.75 Å². The van der Waals surface area contributed by atoms with Gasteiger partial charge in [0.2, 0.25) is 0 Å². The SMILES string of the molecule is CN=C(NCCc1ccc(OCC(=O)NC2CC2)cc1)NCc1nc(C)c(C)s1.I. The van der Waals surface area contributed by atoms with Gasteiger partial charge < -0.3 is 20.7 Å². The Hall–Kier alpha value is -1.88. The highest BCUT2D eigenvalue weighted by Gasteiger charge is 2.23. The minimum atomic E-state index is -0.0530. The van der Waals surface area contributed by atoms with Crippen molar-refractivity contribution in [2.75, 3.05) is 20.2 Å². The zero-order chi connectivity index (χ0) is 20.6. The third-order valence-electron chi connectivity index (χ3n) is 4.65. The van der Waals surface area contributed by atoms with E-state index < -0.39 is 0 Å². The second-order valence-corrected chi connectivity index (χ2v) is 8.41. The maximum absolute atomic E-state index is 11.7. The van der Waals surface area contributed by atoms with Gasteiger partial charge in [-0.15, -0.1) is 35.3 Å². The van der Waals surface area contributed by atoms with Gasteiger partial charge in [-0.25, -0.2) is 4.98 Å². The van der Waals surface area contributed by atoms with Gasteiger partial charge in [0.1, 0.15) is 10.8 Å². The molecule has 1 aliphatic rings. The van der Waals surface area contributed by atoms with Crippen molar-refractivity contribution in [1.29, 1.82) is 0 Å². The number of aromatic nitrogens is 1. The van der Waals surface area contributed by atoms with E-state index in [0.717, 1.165) is 42.5 Å². The fourth-order valence-electron chi connectivity index (χ4n) is 2.72. The summed E-state index contributed by atoms with van der Waals surface area (Å²) < 4.78 is 5.53. The number of hydrogen-bond acceptors (Lipinski definition) is 5. The number of halogens is 1. The first-order valence-corrected chi connectivity index (χ1v) is 10.7. The molecule has 1 amide bonds. The van der Waals surface area contributed by atoms with E-state index >= 15 is 0 Å². The molecule has 1 heterocycles. The quantitative estimate of drug-likeness (QED) is 0.257. The molecule has 7 nitrogen and oxygen atoms in total. The molecule has 164 valence electrons. The summed E-state index contributed by atoms with van der Waals surface area (Å²) in [6, 6.07) is 8.21. The summed E-state index contributed by atoms with van der Waals surface area (Å²) in [6.45, 7) is 5.61. The summed E-state index contributed by atoms with van der Waals surface area (Å²) in [6.07, 6.45) is 3.02. The van der Waals surface area contributed by atoms with Crippen LogP contribution in [0.25, 0.3) is 0 Å². The molecule has 1 saturated carbocycles. The van der Waals surface area contributed by atoms with Crippen LogP contribution in [0.3, 0.4) is 0 Å². The van der Waals surface area contributed by atoms with Crippen LogP contribution < -0.4 is 20.7 Å². The summed E-state index contributed by atoms with van der Waals surface area (Å²) in [5.74, 6) is 1.42. The molecule has 9 heteroatoms. The molecule has 0 saturated heterocycles. The van der Waals surface area contributed by atoms with E-state index in [2.05, 4.69) is 32.9 Å². The molecule has 0 bridgehead atoms. The molecule has 30 heavy (non-hydrogen) atoms. The highest BCUT2D eigenvalue weighted by molar-refractivity contribution is 14.0. The first-order valence-electron chi connectivity index (χ1n) is 9.92. The number of rotatable bonds is 9.